The molecule has 4 aromatic rings. The van der Waals surface area contributed by atoms with E-state index in [9.17, 15) is 5.11 Å². The van der Waals surface area contributed by atoms with Crippen LogP contribution < -0.4 is 5.32 Å². The monoisotopic (exact) mass is 418 g/mol. The van der Waals surface area contributed by atoms with Crippen LogP contribution in [0.1, 0.15) is 5.56 Å². The van der Waals surface area contributed by atoms with Gasteiger partial charge in [-0.3, -0.25) is 0 Å². The van der Waals surface area contributed by atoms with Gasteiger partial charge in [0.05, 0.1) is 18.9 Å². The highest BCUT2D eigenvalue weighted by atomic mass is 79.9. The van der Waals surface area contributed by atoms with Gasteiger partial charge >= 0.3 is 0 Å². The number of fused-ring (bicyclic) bond motifs is 3. The second-order valence-electron chi connectivity index (χ2n) is 5.40. The topological polar surface area (TPSA) is 45.1 Å². The van der Waals surface area contributed by atoms with Crippen molar-refractivity contribution in [3.8, 4) is 5.75 Å². The zero-order valence-corrected chi connectivity index (χ0v) is 15.5. The minimum Gasteiger partial charge on any atom is -0.508 e. The lowest BCUT2D eigenvalue weighted by Crippen LogP contribution is -2.01. The lowest BCUT2D eigenvalue weighted by molar-refractivity contribution is 0.475. The Morgan fingerprint density at radius 2 is 1.92 bits per heavy atom. The highest BCUT2D eigenvalue weighted by Gasteiger charge is 2.15. The van der Waals surface area contributed by atoms with Crippen LogP contribution >= 0.6 is 38.9 Å². The molecule has 0 fully saturated rings. The van der Waals surface area contributed by atoms with Gasteiger partial charge in [0.1, 0.15) is 11.6 Å². The summed E-state index contributed by atoms with van der Waals surface area (Å²) < 4.78 is 3.15. The Labute approximate surface area is 156 Å². The fourth-order valence-electron chi connectivity index (χ4n) is 2.67. The third kappa shape index (κ3) is 2.73. The van der Waals surface area contributed by atoms with Gasteiger partial charge < -0.3 is 10.4 Å². The fraction of sp³-hybridized carbons (Fsp3) is 0.0556. The van der Waals surface area contributed by atoms with Crippen LogP contribution in [0.4, 0.5) is 5.82 Å². The van der Waals surface area contributed by atoms with Crippen LogP contribution in [0.25, 0.3) is 20.2 Å². The maximum atomic E-state index is 9.38. The minimum absolute atomic E-state index is 0.265. The molecule has 3 nitrogen and oxygen atoms in total. The molecule has 0 amide bonds. The van der Waals surface area contributed by atoms with E-state index >= 15 is 0 Å². The maximum Gasteiger partial charge on any atom is 0.135 e. The number of anilines is 1. The van der Waals surface area contributed by atoms with Crippen LogP contribution in [0, 0.1) is 0 Å². The van der Waals surface area contributed by atoms with Gasteiger partial charge in [0, 0.05) is 23.5 Å². The van der Waals surface area contributed by atoms with Crippen molar-refractivity contribution in [2.45, 2.75) is 6.54 Å². The molecule has 2 heterocycles. The number of phenols is 1. The Balaban J connectivity index is 1.80. The first kappa shape index (κ1) is 15.7. The molecule has 0 unspecified atom stereocenters. The molecule has 0 bridgehead atoms. The van der Waals surface area contributed by atoms with E-state index < -0.39 is 0 Å². The Morgan fingerprint density at radius 1 is 1.12 bits per heavy atom. The molecule has 2 aromatic heterocycles. The van der Waals surface area contributed by atoms with Crippen LogP contribution in [0.2, 0.25) is 5.02 Å². The van der Waals surface area contributed by atoms with Gasteiger partial charge in [-0.25, -0.2) is 4.98 Å². The zero-order chi connectivity index (χ0) is 16.7. The Kier molecular flexibility index (Phi) is 4.08. The fourth-order valence-corrected chi connectivity index (χ4v) is 4.61. The third-order valence-corrected chi connectivity index (χ3v) is 6.39. The predicted molar refractivity (Wildman–Crippen MR) is 105 cm³/mol. The van der Waals surface area contributed by atoms with Crippen LogP contribution in [0.3, 0.4) is 0 Å². The summed E-state index contributed by atoms with van der Waals surface area (Å²) in [6.45, 7) is 0.627. The van der Waals surface area contributed by atoms with Crippen molar-refractivity contribution in [3.63, 3.8) is 0 Å². The zero-order valence-electron chi connectivity index (χ0n) is 12.4. The van der Waals surface area contributed by atoms with Crippen molar-refractivity contribution in [1.82, 2.24) is 4.98 Å². The van der Waals surface area contributed by atoms with E-state index in [1.54, 1.807) is 23.5 Å². The number of hydrogen-bond donors (Lipinski definition) is 2. The molecular formula is C18H12BrClN2OS. The quantitative estimate of drug-likeness (QED) is 0.416. The first-order valence-electron chi connectivity index (χ1n) is 7.30. The SMILES string of the molecule is Oc1ccc(CNc2ncc(Br)c3sc4c(Cl)cccc4c23)cc1. The number of aromatic hydroxyl groups is 1. The number of nitrogens with zero attached hydrogens (tertiary/aromatic N) is 1. The summed E-state index contributed by atoms with van der Waals surface area (Å²) in [6, 6.07) is 13.1. The average Bonchev–Trinajstić information content (AvgIpc) is 2.98. The molecule has 0 aliphatic rings. The lowest BCUT2D eigenvalue weighted by atomic mass is 10.1. The molecule has 0 aliphatic heterocycles. The van der Waals surface area contributed by atoms with Gasteiger partial charge in [-0.15, -0.1) is 11.3 Å². The van der Waals surface area contributed by atoms with Crippen molar-refractivity contribution >= 4 is 64.9 Å². The van der Waals surface area contributed by atoms with E-state index in [1.807, 2.05) is 30.5 Å². The second kappa shape index (κ2) is 6.24. The average molecular weight is 420 g/mol. The Morgan fingerprint density at radius 3 is 2.71 bits per heavy atom. The van der Waals surface area contributed by atoms with Crippen molar-refractivity contribution in [2.75, 3.05) is 5.32 Å². The highest BCUT2D eigenvalue weighted by Crippen LogP contribution is 2.43. The summed E-state index contributed by atoms with van der Waals surface area (Å²) >= 11 is 11.6. The van der Waals surface area contributed by atoms with Gasteiger partial charge in [0.2, 0.25) is 0 Å². The highest BCUT2D eigenvalue weighted by molar-refractivity contribution is 9.10. The minimum atomic E-state index is 0.265. The normalized spacial score (nSPS) is 11.2. The smallest absolute Gasteiger partial charge is 0.135 e. The molecular weight excluding hydrogens is 408 g/mol. The van der Waals surface area contributed by atoms with Crippen molar-refractivity contribution < 1.29 is 5.11 Å². The van der Waals surface area contributed by atoms with Gasteiger partial charge in [-0.05, 0) is 39.7 Å². The van der Waals surface area contributed by atoms with Crippen molar-refractivity contribution in [1.29, 1.82) is 0 Å². The molecule has 0 radical (unpaired) electrons. The molecule has 24 heavy (non-hydrogen) atoms. The van der Waals surface area contributed by atoms with Crippen molar-refractivity contribution in [3.05, 3.63) is 63.7 Å². The largest absolute Gasteiger partial charge is 0.508 e. The Bertz CT molecular complexity index is 1050. The molecule has 0 aliphatic carbocycles. The van der Waals surface area contributed by atoms with E-state index in [2.05, 4.69) is 32.3 Å². The molecule has 0 spiro atoms. The van der Waals surface area contributed by atoms with E-state index in [-0.39, 0.29) is 5.75 Å². The van der Waals surface area contributed by atoms with Gasteiger partial charge in [0.25, 0.3) is 0 Å². The van der Waals surface area contributed by atoms with E-state index in [0.717, 1.165) is 41.0 Å². The van der Waals surface area contributed by atoms with Crippen molar-refractivity contribution in [2.24, 2.45) is 0 Å². The summed E-state index contributed by atoms with van der Waals surface area (Å²) in [5.41, 5.74) is 1.07. The molecule has 6 heteroatoms. The number of rotatable bonds is 3. The number of pyridine rings is 1. The standard InChI is InChI=1S/C18H12BrClN2OS/c19-13-9-22-18(21-8-10-4-6-11(23)7-5-10)15-12-2-1-3-14(20)16(12)24-17(13)15/h1-7,9,23H,8H2,(H,21,22). The van der Waals surface area contributed by atoms with Crippen LogP contribution in [-0.2, 0) is 6.54 Å². The number of aromatic nitrogens is 1. The molecule has 2 aromatic carbocycles. The summed E-state index contributed by atoms with van der Waals surface area (Å²) in [6.07, 6.45) is 1.81. The molecule has 120 valence electrons. The first-order chi connectivity index (χ1) is 11.6. The molecule has 4 rings (SSSR count). The molecule has 0 saturated carbocycles. The third-order valence-electron chi connectivity index (χ3n) is 3.82. The van der Waals surface area contributed by atoms with Gasteiger partial charge in [-0.1, -0.05) is 35.9 Å². The molecule has 0 atom stereocenters. The van der Waals surface area contributed by atoms with E-state index in [0.29, 0.717) is 6.54 Å². The number of phenolic OH excluding ortho intramolecular Hbond substituents is 1. The lowest BCUT2D eigenvalue weighted by Gasteiger charge is -2.08. The summed E-state index contributed by atoms with van der Waals surface area (Å²) in [7, 11) is 0. The number of benzene rings is 2. The van der Waals surface area contributed by atoms with E-state index in [4.69, 9.17) is 11.6 Å². The second-order valence-corrected chi connectivity index (χ2v) is 7.68. The first-order valence-corrected chi connectivity index (χ1v) is 9.29. The summed E-state index contributed by atoms with van der Waals surface area (Å²) in [5.74, 6) is 1.09. The number of thiophene rings is 1. The number of hydrogen-bond acceptors (Lipinski definition) is 4. The summed E-state index contributed by atoms with van der Waals surface area (Å²) in [4.78, 5) is 4.55. The predicted octanol–water partition coefficient (Wildman–Crippen LogP) is 6.18. The van der Waals surface area contributed by atoms with Crippen LogP contribution in [-0.4, -0.2) is 10.1 Å². The Hall–Kier alpha value is -1.82. The maximum absolute atomic E-state index is 9.38. The molecule has 2 N–H and O–H groups in total. The van der Waals surface area contributed by atoms with Gasteiger partial charge in [-0.2, -0.15) is 0 Å². The van der Waals surface area contributed by atoms with E-state index in [1.165, 1.54) is 0 Å². The van der Waals surface area contributed by atoms with Crippen LogP contribution in [0.5, 0.6) is 5.75 Å². The van der Waals surface area contributed by atoms with Gasteiger partial charge in [0.15, 0.2) is 0 Å². The number of halogens is 2. The molecule has 0 saturated heterocycles. The number of nitrogens with one attached hydrogen (secondary N) is 1. The van der Waals surface area contributed by atoms with Crippen LogP contribution in [0.15, 0.2) is 53.1 Å². The summed E-state index contributed by atoms with van der Waals surface area (Å²) in [5, 5.41) is 15.7.